The second-order valence-electron chi connectivity index (χ2n) is 4.11. The van der Waals surface area contributed by atoms with Crippen molar-refractivity contribution in [3.8, 4) is 0 Å². The summed E-state index contributed by atoms with van der Waals surface area (Å²) in [5.41, 5.74) is -0.477. The van der Waals surface area contributed by atoms with E-state index in [9.17, 15) is 4.79 Å². The van der Waals surface area contributed by atoms with Crippen LogP contribution in [-0.4, -0.2) is 18.5 Å². The standard InChI is InChI=1S/C11H20O2/c1-4-5-6-9-7-8-10(12)11(9,2)13-3/h9H,4-8H2,1-3H3/t9-,11+/m0/s1. The number of ether oxygens (including phenoxy) is 1. The fraction of sp³-hybridized carbons (Fsp3) is 0.909. The molecule has 2 nitrogen and oxygen atoms in total. The highest BCUT2D eigenvalue weighted by atomic mass is 16.5. The van der Waals surface area contributed by atoms with E-state index >= 15 is 0 Å². The molecule has 0 aromatic carbocycles. The Morgan fingerprint density at radius 2 is 2.31 bits per heavy atom. The van der Waals surface area contributed by atoms with Gasteiger partial charge in [0.1, 0.15) is 5.60 Å². The molecule has 76 valence electrons. The van der Waals surface area contributed by atoms with Gasteiger partial charge in [-0.2, -0.15) is 0 Å². The van der Waals surface area contributed by atoms with Crippen molar-refractivity contribution in [2.45, 2.75) is 51.6 Å². The lowest BCUT2D eigenvalue weighted by Crippen LogP contribution is -2.38. The molecule has 2 atom stereocenters. The quantitative estimate of drug-likeness (QED) is 0.671. The Morgan fingerprint density at radius 3 is 2.85 bits per heavy atom. The van der Waals surface area contributed by atoms with Crippen molar-refractivity contribution in [3.05, 3.63) is 0 Å². The third-order valence-electron chi connectivity index (χ3n) is 3.38. The molecule has 1 saturated carbocycles. The van der Waals surface area contributed by atoms with E-state index in [0.29, 0.717) is 12.3 Å². The molecule has 1 fully saturated rings. The maximum atomic E-state index is 11.6. The Hall–Kier alpha value is -0.370. The van der Waals surface area contributed by atoms with Gasteiger partial charge in [-0.25, -0.2) is 0 Å². The summed E-state index contributed by atoms with van der Waals surface area (Å²) in [4.78, 5) is 11.6. The second kappa shape index (κ2) is 4.23. The zero-order chi connectivity index (χ0) is 9.90. The number of ketones is 1. The summed E-state index contributed by atoms with van der Waals surface area (Å²) in [6.45, 7) is 4.13. The monoisotopic (exact) mass is 184 g/mol. The molecule has 0 aromatic heterocycles. The van der Waals surface area contributed by atoms with Crippen LogP contribution in [0.15, 0.2) is 0 Å². The Kier molecular flexibility index (Phi) is 3.48. The lowest BCUT2D eigenvalue weighted by Gasteiger charge is -2.28. The van der Waals surface area contributed by atoms with Gasteiger partial charge >= 0.3 is 0 Å². The molecule has 0 aromatic rings. The highest BCUT2D eigenvalue weighted by molar-refractivity contribution is 5.89. The molecule has 1 aliphatic carbocycles. The second-order valence-corrected chi connectivity index (χ2v) is 4.11. The summed E-state index contributed by atoms with van der Waals surface area (Å²) < 4.78 is 5.37. The van der Waals surface area contributed by atoms with Crippen LogP contribution in [0.2, 0.25) is 0 Å². The zero-order valence-electron chi connectivity index (χ0n) is 8.93. The van der Waals surface area contributed by atoms with Crippen LogP contribution in [0.5, 0.6) is 0 Å². The smallest absolute Gasteiger partial charge is 0.164 e. The van der Waals surface area contributed by atoms with Crippen molar-refractivity contribution in [1.82, 2.24) is 0 Å². The van der Waals surface area contributed by atoms with Crippen LogP contribution in [0.3, 0.4) is 0 Å². The van der Waals surface area contributed by atoms with E-state index in [0.717, 1.165) is 12.8 Å². The summed E-state index contributed by atoms with van der Waals surface area (Å²) in [6, 6.07) is 0. The number of unbranched alkanes of at least 4 members (excludes halogenated alkanes) is 1. The minimum atomic E-state index is -0.477. The number of carbonyl (C=O) groups is 1. The van der Waals surface area contributed by atoms with Gasteiger partial charge in [-0.05, 0) is 25.7 Å². The zero-order valence-corrected chi connectivity index (χ0v) is 8.93. The minimum absolute atomic E-state index is 0.288. The van der Waals surface area contributed by atoms with Crippen molar-refractivity contribution >= 4 is 5.78 Å². The topological polar surface area (TPSA) is 26.3 Å². The number of Topliss-reactive ketones (excluding diaryl/α,β-unsaturated/α-hetero) is 1. The van der Waals surface area contributed by atoms with Gasteiger partial charge < -0.3 is 4.74 Å². The van der Waals surface area contributed by atoms with Gasteiger partial charge in [0, 0.05) is 13.5 Å². The van der Waals surface area contributed by atoms with E-state index in [4.69, 9.17) is 4.74 Å². The van der Waals surface area contributed by atoms with Crippen molar-refractivity contribution in [2.24, 2.45) is 5.92 Å². The SMILES string of the molecule is CCCC[C@H]1CCC(=O)[C@]1(C)OC. The molecule has 0 unspecified atom stereocenters. The maximum absolute atomic E-state index is 11.6. The van der Waals surface area contributed by atoms with Gasteiger partial charge in [0.15, 0.2) is 5.78 Å². The lowest BCUT2D eigenvalue weighted by atomic mass is 9.88. The maximum Gasteiger partial charge on any atom is 0.164 e. The van der Waals surface area contributed by atoms with Gasteiger partial charge in [-0.1, -0.05) is 19.8 Å². The molecule has 0 aliphatic heterocycles. The molecule has 0 saturated heterocycles. The van der Waals surface area contributed by atoms with Crippen LogP contribution in [0.1, 0.15) is 46.0 Å². The Balaban J connectivity index is 2.59. The van der Waals surface area contributed by atoms with E-state index in [1.165, 1.54) is 12.8 Å². The molecule has 0 radical (unpaired) electrons. The normalized spacial score (nSPS) is 34.1. The summed E-state index contributed by atoms with van der Waals surface area (Å²) in [6.07, 6.45) is 5.26. The number of methoxy groups -OCH3 is 1. The summed E-state index contributed by atoms with van der Waals surface area (Å²) in [5, 5.41) is 0. The molecule has 1 rings (SSSR count). The molecule has 1 aliphatic rings. The molecule has 0 N–H and O–H groups in total. The van der Waals surface area contributed by atoms with Crippen LogP contribution in [0, 0.1) is 5.92 Å². The van der Waals surface area contributed by atoms with Crippen LogP contribution in [-0.2, 0) is 9.53 Å². The van der Waals surface area contributed by atoms with Crippen molar-refractivity contribution in [3.63, 3.8) is 0 Å². The molecule has 0 bridgehead atoms. The van der Waals surface area contributed by atoms with Crippen molar-refractivity contribution in [2.75, 3.05) is 7.11 Å². The predicted molar refractivity (Wildman–Crippen MR) is 52.7 cm³/mol. The van der Waals surface area contributed by atoms with Gasteiger partial charge in [-0.3, -0.25) is 4.79 Å². The number of carbonyl (C=O) groups excluding carboxylic acids is 1. The number of rotatable bonds is 4. The van der Waals surface area contributed by atoms with Gasteiger partial charge in [0.05, 0.1) is 0 Å². The fourth-order valence-electron chi connectivity index (χ4n) is 2.21. The van der Waals surface area contributed by atoms with E-state index in [1.807, 2.05) is 6.92 Å². The first-order chi connectivity index (χ1) is 6.15. The van der Waals surface area contributed by atoms with E-state index in [2.05, 4.69) is 6.92 Å². The molecule has 13 heavy (non-hydrogen) atoms. The fourth-order valence-corrected chi connectivity index (χ4v) is 2.21. The first kappa shape index (κ1) is 10.7. The largest absolute Gasteiger partial charge is 0.370 e. The average molecular weight is 184 g/mol. The molecular formula is C11H20O2. The van der Waals surface area contributed by atoms with Gasteiger partial charge in [0.2, 0.25) is 0 Å². The third kappa shape index (κ3) is 1.93. The number of hydrogen-bond acceptors (Lipinski definition) is 2. The Bertz CT molecular complexity index is 189. The molecular weight excluding hydrogens is 164 g/mol. The average Bonchev–Trinajstić information content (AvgIpc) is 2.42. The third-order valence-corrected chi connectivity index (χ3v) is 3.38. The van der Waals surface area contributed by atoms with Crippen LogP contribution >= 0.6 is 0 Å². The summed E-state index contributed by atoms with van der Waals surface area (Å²) in [5.74, 6) is 0.737. The minimum Gasteiger partial charge on any atom is -0.370 e. The van der Waals surface area contributed by atoms with E-state index in [-0.39, 0.29) is 5.78 Å². The van der Waals surface area contributed by atoms with Gasteiger partial charge in [0.25, 0.3) is 0 Å². The van der Waals surface area contributed by atoms with E-state index in [1.54, 1.807) is 7.11 Å². The first-order valence-corrected chi connectivity index (χ1v) is 5.23. The number of hydrogen-bond donors (Lipinski definition) is 0. The molecule has 2 heteroatoms. The van der Waals surface area contributed by atoms with Crippen molar-refractivity contribution in [1.29, 1.82) is 0 Å². The van der Waals surface area contributed by atoms with Crippen LogP contribution in [0.25, 0.3) is 0 Å². The molecule has 0 amide bonds. The Morgan fingerprint density at radius 1 is 1.62 bits per heavy atom. The van der Waals surface area contributed by atoms with Crippen LogP contribution in [0.4, 0.5) is 0 Å². The summed E-state index contributed by atoms with van der Waals surface area (Å²) in [7, 11) is 1.65. The van der Waals surface area contributed by atoms with Crippen molar-refractivity contribution < 1.29 is 9.53 Å². The highest BCUT2D eigenvalue weighted by Crippen LogP contribution is 2.38. The first-order valence-electron chi connectivity index (χ1n) is 5.23. The highest BCUT2D eigenvalue weighted by Gasteiger charge is 2.45. The van der Waals surface area contributed by atoms with E-state index < -0.39 is 5.60 Å². The summed E-state index contributed by atoms with van der Waals surface area (Å²) >= 11 is 0. The van der Waals surface area contributed by atoms with Crippen LogP contribution < -0.4 is 0 Å². The molecule has 0 heterocycles. The predicted octanol–water partition coefficient (Wildman–Crippen LogP) is 2.56. The van der Waals surface area contributed by atoms with Gasteiger partial charge in [-0.15, -0.1) is 0 Å². The Labute approximate surface area is 80.7 Å². The lowest BCUT2D eigenvalue weighted by molar-refractivity contribution is -0.138. The molecule has 0 spiro atoms.